The third-order valence-electron chi connectivity index (χ3n) is 2.93. The molecule has 0 fully saturated rings. The third-order valence-corrected chi connectivity index (χ3v) is 2.93. The second-order valence-electron chi connectivity index (χ2n) is 4.28. The molecule has 0 saturated heterocycles. The minimum Gasteiger partial charge on any atom is -0.493 e. The number of anilines is 1. The van der Waals surface area contributed by atoms with Gasteiger partial charge in [-0.25, -0.2) is 9.78 Å². The lowest BCUT2D eigenvalue weighted by Crippen LogP contribution is -2.04. The first-order valence-corrected chi connectivity index (χ1v) is 6.28. The van der Waals surface area contributed by atoms with E-state index in [0.29, 0.717) is 23.9 Å². The normalized spacial score (nSPS) is 10.0. The molecule has 0 bridgehead atoms. The lowest BCUT2D eigenvalue weighted by molar-refractivity contribution is 0.0697. The van der Waals surface area contributed by atoms with Gasteiger partial charge in [-0.2, -0.15) is 0 Å². The number of aromatic carboxylic acids is 1. The van der Waals surface area contributed by atoms with Gasteiger partial charge in [0.25, 0.3) is 0 Å². The SMILES string of the molecule is COc1ccc(CNc2cc(C(=O)O)ccn2)cc1OC. The number of carboxylic acids is 1. The molecule has 0 unspecified atom stereocenters. The zero-order valence-corrected chi connectivity index (χ0v) is 11.8. The maximum Gasteiger partial charge on any atom is 0.335 e. The van der Waals surface area contributed by atoms with Crippen LogP contribution in [0.15, 0.2) is 36.5 Å². The summed E-state index contributed by atoms with van der Waals surface area (Å²) in [5, 5.41) is 12.0. The highest BCUT2D eigenvalue weighted by Gasteiger charge is 2.06. The van der Waals surface area contributed by atoms with E-state index in [1.54, 1.807) is 14.2 Å². The average Bonchev–Trinajstić information content (AvgIpc) is 2.52. The Morgan fingerprint density at radius 1 is 1.19 bits per heavy atom. The highest BCUT2D eigenvalue weighted by molar-refractivity contribution is 5.88. The van der Waals surface area contributed by atoms with E-state index in [9.17, 15) is 4.79 Å². The van der Waals surface area contributed by atoms with Crippen molar-refractivity contribution in [2.75, 3.05) is 19.5 Å². The van der Waals surface area contributed by atoms with E-state index in [0.717, 1.165) is 5.56 Å². The quantitative estimate of drug-likeness (QED) is 0.849. The molecule has 21 heavy (non-hydrogen) atoms. The summed E-state index contributed by atoms with van der Waals surface area (Å²) in [7, 11) is 3.16. The summed E-state index contributed by atoms with van der Waals surface area (Å²) in [6.45, 7) is 0.496. The molecular weight excluding hydrogens is 272 g/mol. The first-order valence-electron chi connectivity index (χ1n) is 6.28. The highest BCUT2D eigenvalue weighted by atomic mass is 16.5. The standard InChI is InChI=1S/C15H16N2O4/c1-20-12-4-3-10(7-13(12)21-2)9-17-14-8-11(15(18)19)5-6-16-14/h3-8H,9H2,1-2H3,(H,16,17)(H,18,19). The number of methoxy groups -OCH3 is 2. The Morgan fingerprint density at radius 3 is 2.62 bits per heavy atom. The van der Waals surface area contributed by atoms with Crippen molar-refractivity contribution in [2.24, 2.45) is 0 Å². The fourth-order valence-electron chi connectivity index (χ4n) is 1.84. The monoisotopic (exact) mass is 288 g/mol. The van der Waals surface area contributed by atoms with E-state index >= 15 is 0 Å². The zero-order chi connectivity index (χ0) is 15.2. The number of nitrogens with zero attached hydrogens (tertiary/aromatic N) is 1. The lowest BCUT2D eigenvalue weighted by Gasteiger charge is -2.10. The topological polar surface area (TPSA) is 80.7 Å². The smallest absolute Gasteiger partial charge is 0.335 e. The summed E-state index contributed by atoms with van der Waals surface area (Å²) >= 11 is 0. The maximum atomic E-state index is 10.9. The van der Waals surface area contributed by atoms with E-state index in [4.69, 9.17) is 14.6 Å². The number of rotatable bonds is 6. The Hall–Kier alpha value is -2.76. The summed E-state index contributed by atoms with van der Waals surface area (Å²) in [5.41, 5.74) is 1.16. The molecule has 0 saturated carbocycles. The van der Waals surface area contributed by atoms with Crippen molar-refractivity contribution < 1.29 is 19.4 Å². The molecule has 6 heteroatoms. The van der Waals surface area contributed by atoms with Gasteiger partial charge in [0.1, 0.15) is 5.82 Å². The molecule has 0 aliphatic heterocycles. The van der Waals surface area contributed by atoms with Crippen LogP contribution in [0.4, 0.5) is 5.82 Å². The molecule has 1 aromatic carbocycles. The highest BCUT2D eigenvalue weighted by Crippen LogP contribution is 2.27. The zero-order valence-electron chi connectivity index (χ0n) is 11.8. The van der Waals surface area contributed by atoms with Gasteiger partial charge in [-0.3, -0.25) is 0 Å². The number of aromatic nitrogens is 1. The largest absolute Gasteiger partial charge is 0.493 e. The molecular formula is C15H16N2O4. The van der Waals surface area contributed by atoms with Gasteiger partial charge in [-0.15, -0.1) is 0 Å². The van der Waals surface area contributed by atoms with Gasteiger partial charge in [-0.1, -0.05) is 6.07 Å². The summed E-state index contributed by atoms with van der Waals surface area (Å²) in [6.07, 6.45) is 1.46. The Morgan fingerprint density at radius 2 is 1.95 bits per heavy atom. The number of nitrogens with one attached hydrogen (secondary N) is 1. The van der Waals surface area contributed by atoms with Crippen LogP contribution in [0, 0.1) is 0 Å². The summed E-state index contributed by atoms with van der Waals surface area (Å²) < 4.78 is 10.4. The number of carboxylic acid groups (broad SMARTS) is 1. The molecule has 0 aliphatic rings. The van der Waals surface area contributed by atoms with Crippen molar-refractivity contribution in [3.05, 3.63) is 47.7 Å². The van der Waals surface area contributed by atoms with Crippen molar-refractivity contribution in [2.45, 2.75) is 6.54 Å². The Kier molecular flexibility index (Phi) is 4.61. The van der Waals surface area contributed by atoms with Gasteiger partial charge in [-0.05, 0) is 29.8 Å². The van der Waals surface area contributed by atoms with Crippen LogP contribution in [0.25, 0.3) is 0 Å². The number of pyridine rings is 1. The predicted octanol–water partition coefficient (Wildman–Crippen LogP) is 2.41. The van der Waals surface area contributed by atoms with Gasteiger partial charge in [0.15, 0.2) is 11.5 Å². The number of carbonyl (C=O) groups is 1. The van der Waals surface area contributed by atoms with Crippen LogP contribution in [0.3, 0.4) is 0 Å². The molecule has 0 aliphatic carbocycles. The molecule has 0 amide bonds. The van der Waals surface area contributed by atoms with Crippen molar-refractivity contribution in [3.63, 3.8) is 0 Å². The summed E-state index contributed by atoms with van der Waals surface area (Å²) in [5.74, 6) is 0.826. The van der Waals surface area contributed by atoms with E-state index in [1.807, 2.05) is 18.2 Å². The van der Waals surface area contributed by atoms with Crippen molar-refractivity contribution in [1.82, 2.24) is 4.98 Å². The molecule has 1 aromatic heterocycles. The van der Waals surface area contributed by atoms with Crippen molar-refractivity contribution in [3.8, 4) is 11.5 Å². The minimum absolute atomic E-state index is 0.194. The van der Waals surface area contributed by atoms with Gasteiger partial charge < -0.3 is 19.9 Å². The van der Waals surface area contributed by atoms with Gasteiger partial charge >= 0.3 is 5.97 Å². The van der Waals surface area contributed by atoms with Crippen LogP contribution in [0.2, 0.25) is 0 Å². The van der Waals surface area contributed by atoms with Crippen LogP contribution in [-0.2, 0) is 6.54 Å². The lowest BCUT2D eigenvalue weighted by atomic mass is 10.2. The summed E-state index contributed by atoms with van der Waals surface area (Å²) in [6, 6.07) is 8.51. The number of hydrogen-bond donors (Lipinski definition) is 2. The first-order chi connectivity index (χ1) is 10.1. The van der Waals surface area contributed by atoms with Crippen LogP contribution >= 0.6 is 0 Å². The molecule has 0 radical (unpaired) electrons. The second kappa shape index (κ2) is 6.60. The molecule has 1 heterocycles. The average molecular weight is 288 g/mol. The van der Waals surface area contributed by atoms with Gasteiger partial charge in [0, 0.05) is 12.7 Å². The summed E-state index contributed by atoms with van der Waals surface area (Å²) in [4.78, 5) is 15.0. The molecule has 2 aromatic rings. The second-order valence-corrected chi connectivity index (χ2v) is 4.28. The third kappa shape index (κ3) is 3.62. The van der Waals surface area contributed by atoms with Crippen molar-refractivity contribution in [1.29, 1.82) is 0 Å². The molecule has 6 nitrogen and oxygen atoms in total. The van der Waals surface area contributed by atoms with E-state index in [1.165, 1.54) is 18.3 Å². The number of benzene rings is 1. The fraction of sp³-hybridized carbons (Fsp3) is 0.200. The molecule has 0 spiro atoms. The molecule has 2 N–H and O–H groups in total. The molecule has 110 valence electrons. The van der Waals surface area contributed by atoms with Gasteiger partial charge in [0.05, 0.1) is 19.8 Å². The van der Waals surface area contributed by atoms with E-state index < -0.39 is 5.97 Å². The minimum atomic E-state index is -0.980. The number of hydrogen-bond acceptors (Lipinski definition) is 5. The van der Waals surface area contributed by atoms with Gasteiger partial charge in [0.2, 0.25) is 0 Å². The van der Waals surface area contributed by atoms with Crippen LogP contribution in [0.1, 0.15) is 15.9 Å². The maximum absolute atomic E-state index is 10.9. The van der Waals surface area contributed by atoms with Crippen LogP contribution in [0.5, 0.6) is 11.5 Å². The van der Waals surface area contributed by atoms with E-state index in [2.05, 4.69) is 10.3 Å². The molecule has 0 atom stereocenters. The number of ether oxygens (including phenoxy) is 2. The van der Waals surface area contributed by atoms with Crippen LogP contribution in [-0.4, -0.2) is 30.3 Å². The Bertz CT molecular complexity index is 643. The first kappa shape index (κ1) is 14.6. The predicted molar refractivity (Wildman–Crippen MR) is 78.1 cm³/mol. The Balaban J connectivity index is 2.09. The Labute approximate surface area is 122 Å². The van der Waals surface area contributed by atoms with Crippen molar-refractivity contribution >= 4 is 11.8 Å². The van der Waals surface area contributed by atoms with E-state index in [-0.39, 0.29) is 5.56 Å². The van der Waals surface area contributed by atoms with Crippen LogP contribution < -0.4 is 14.8 Å². The molecule has 2 rings (SSSR count). The fourth-order valence-corrected chi connectivity index (χ4v) is 1.84.